The van der Waals surface area contributed by atoms with E-state index in [-0.39, 0.29) is 58.5 Å². The van der Waals surface area contributed by atoms with Gasteiger partial charge in [-0.05, 0) is 113 Å². The van der Waals surface area contributed by atoms with Gasteiger partial charge in [-0.3, -0.25) is 25.1 Å². The van der Waals surface area contributed by atoms with Crippen LogP contribution in [0.1, 0.15) is 95.0 Å². The van der Waals surface area contributed by atoms with Crippen LogP contribution >= 0.6 is 0 Å². The van der Waals surface area contributed by atoms with Gasteiger partial charge in [-0.2, -0.15) is 0 Å². The highest BCUT2D eigenvalue weighted by molar-refractivity contribution is 6.00. The fraction of sp³-hybridized carbons (Fsp3) is 0.365. The van der Waals surface area contributed by atoms with Gasteiger partial charge >= 0.3 is 24.4 Å². The van der Waals surface area contributed by atoms with Crippen LogP contribution in [0.2, 0.25) is 0 Å². The summed E-state index contributed by atoms with van der Waals surface area (Å²) in [5, 5.41) is 26.0. The van der Waals surface area contributed by atoms with E-state index in [0.29, 0.717) is 47.5 Å². The molecule has 1 aromatic heterocycles. The van der Waals surface area contributed by atoms with E-state index in [4.69, 9.17) is 29.1 Å². The first-order valence-corrected chi connectivity index (χ1v) is 27.9. The number of alkyl carbamates (subject to hydrolysis) is 3. The average Bonchev–Trinajstić information content (AvgIpc) is 3.97. The molecular weight excluding hydrogens is 1070 g/mol. The summed E-state index contributed by atoms with van der Waals surface area (Å²) in [6.07, 6.45) is -1.17. The number of hydrogen-bond acceptors (Lipinski definition) is 13. The van der Waals surface area contributed by atoms with Gasteiger partial charge in [0.1, 0.15) is 54.9 Å². The monoisotopic (exact) mass is 1150 g/mol. The molecule has 0 saturated heterocycles. The molecule has 0 saturated carbocycles. The number of para-hydroxylation sites is 1. The molecular formula is C63H77N9O12. The minimum Gasteiger partial charge on any atom is -0.489 e. The molecule has 84 heavy (non-hydrogen) atoms. The molecule has 5 aromatic carbocycles. The number of carbonyl (C=O) groups excluding carboxylic acids is 7. The Morgan fingerprint density at radius 2 is 1.05 bits per heavy atom. The first-order chi connectivity index (χ1) is 40.2. The van der Waals surface area contributed by atoms with Gasteiger partial charge in [0.25, 0.3) is 0 Å². The van der Waals surface area contributed by atoms with Gasteiger partial charge in [-0.25, -0.2) is 24.1 Å². The van der Waals surface area contributed by atoms with E-state index < -0.39 is 77.4 Å². The molecule has 1 heterocycles. The van der Waals surface area contributed by atoms with Crippen molar-refractivity contribution in [2.24, 2.45) is 0 Å². The summed E-state index contributed by atoms with van der Waals surface area (Å²) in [6.45, 7) is 10.5. The number of nitrogens with one attached hydrogen (secondary N) is 8. The summed E-state index contributed by atoms with van der Waals surface area (Å²) in [5.41, 5.74) is 2.81. The molecule has 6 aromatic rings. The summed E-state index contributed by atoms with van der Waals surface area (Å²) in [4.78, 5) is 101. The Labute approximate surface area is 489 Å². The fourth-order valence-electron chi connectivity index (χ4n) is 8.46. The third-order valence-electron chi connectivity index (χ3n) is 12.6. The number of nitrogens with zero attached hydrogens (tertiary/aromatic N) is 1. The number of aromatic nitrogens is 1. The Kier molecular flexibility index (Phi) is 24.1. The van der Waals surface area contributed by atoms with Crippen LogP contribution in [-0.4, -0.2) is 107 Å². The molecule has 21 nitrogen and oxygen atoms in total. The number of fused-ring (bicyclic) bond motifs is 1. The lowest BCUT2D eigenvalue weighted by Crippen LogP contribution is -2.58. The number of carbonyl (C=O) groups is 7. The highest BCUT2D eigenvalue weighted by Gasteiger charge is 2.33. The standard InChI is InChI=1S/C63H77N9O12/c1-62(2,3)83-58(76)66-35-19-18-34-65-54(73)53(38-47-39-67-50-28-17-16-27-49(47)50)69-55(74)51(29-20-36-72(61(79)82-42-46-25-14-9-15-26-46)57(64)71-59(77)81-41-45-23-12-8-13-24-45)68-56(75)52(70-60(78)84-63(4,5)6)37-43-30-32-48(33-31-43)80-40-44-21-10-7-11-22-44/h7-17,21-28,30-33,39,51-53,67H,18-20,29,34-38,40-42H2,1-6H3,(H,65,73)(H,66,76)(H,68,75)(H,69,74)(H,70,78)(H2,64,71,77)/t51-,52-,53-/m0/s1. The van der Waals surface area contributed by atoms with Gasteiger partial charge in [0, 0.05) is 49.6 Å². The predicted octanol–water partition coefficient (Wildman–Crippen LogP) is 9.10. The number of amides is 7. The van der Waals surface area contributed by atoms with E-state index in [9.17, 15) is 33.6 Å². The van der Waals surface area contributed by atoms with E-state index in [1.54, 1.807) is 127 Å². The molecule has 0 aliphatic carbocycles. The van der Waals surface area contributed by atoms with Crippen molar-refractivity contribution in [2.45, 2.75) is 129 Å². The second-order valence-electron chi connectivity index (χ2n) is 21.8. The Balaban J connectivity index is 1.26. The molecule has 21 heteroatoms. The number of rotatable bonds is 26. The molecule has 3 atom stereocenters. The lowest BCUT2D eigenvalue weighted by atomic mass is 10.0. The zero-order valence-corrected chi connectivity index (χ0v) is 48.4. The van der Waals surface area contributed by atoms with Gasteiger partial charge in [0.05, 0.1) is 0 Å². The SMILES string of the molecule is CC(C)(C)OC(=O)NCCCCNC(=O)[C@H](Cc1c[nH]c2ccccc12)NC(=O)[C@H](CCCN(C(=N)NC(=O)OCc1ccccc1)C(=O)OCc1ccccc1)NC(=O)[C@H](Cc1ccc(OCc2ccccc2)cc1)NC(=O)OC(C)(C)C. The van der Waals surface area contributed by atoms with Crippen molar-refractivity contribution in [3.63, 3.8) is 0 Å². The summed E-state index contributed by atoms with van der Waals surface area (Å²) < 4.78 is 27.8. The maximum Gasteiger partial charge on any atom is 0.416 e. The first kappa shape index (κ1) is 63.8. The van der Waals surface area contributed by atoms with Crippen LogP contribution in [0.15, 0.2) is 146 Å². The van der Waals surface area contributed by atoms with Crippen molar-refractivity contribution in [2.75, 3.05) is 19.6 Å². The molecule has 0 aliphatic heterocycles. The van der Waals surface area contributed by atoms with Crippen LogP contribution in [-0.2, 0) is 66.0 Å². The smallest absolute Gasteiger partial charge is 0.416 e. The zero-order valence-electron chi connectivity index (χ0n) is 48.4. The van der Waals surface area contributed by atoms with E-state index in [1.165, 1.54) is 0 Å². The number of benzene rings is 5. The Morgan fingerprint density at radius 1 is 0.524 bits per heavy atom. The molecule has 8 N–H and O–H groups in total. The van der Waals surface area contributed by atoms with Gasteiger partial charge in [0.2, 0.25) is 23.7 Å². The summed E-state index contributed by atoms with van der Waals surface area (Å²) >= 11 is 0. The van der Waals surface area contributed by atoms with E-state index in [2.05, 4.69) is 36.9 Å². The van der Waals surface area contributed by atoms with Crippen molar-refractivity contribution in [3.05, 3.63) is 174 Å². The molecule has 446 valence electrons. The lowest BCUT2D eigenvalue weighted by molar-refractivity contribution is -0.132. The summed E-state index contributed by atoms with van der Waals surface area (Å²) in [5.74, 6) is -2.25. The van der Waals surface area contributed by atoms with Crippen LogP contribution in [0, 0.1) is 5.41 Å². The predicted molar refractivity (Wildman–Crippen MR) is 316 cm³/mol. The maximum atomic E-state index is 15.0. The molecule has 0 aliphatic rings. The number of unbranched alkanes of at least 4 members (excludes halogenated alkanes) is 1. The van der Waals surface area contributed by atoms with Gasteiger partial charge < -0.3 is 55.3 Å². The number of H-pyrrole nitrogens is 1. The second-order valence-corrected chi connectivity index (χ2v) is 21.8. The number of aromatic amines is 1. The largest absolute Gasteiger partial charge is 0.489 e. The minimum absolute atomic E-state index is 0.0145. The topological polar surface area (TPSA) is 281 Å². The fourth-order valence-corrected chi connectivity index (χ4v) is 8.46. The van der Waals surface area contributed by atoms with Crippen LogP contribution < -0.4 is 36.6 Å². The van der Waals surface area contributed by atoms with Gasteiger partial charge in [-0.15, -0.1) is 0 Å². The molecule has 0 radical (unpaired) electrons. The van der Waals surface area contributed by atoms with Crippen molar-refractivity contribution >= 4 is 59.0 Å². The van der Waals surface area contributed by atoms with E-state index in [0.717, 1.165) is 21.4 Å². The normalized spacial score (nSPS) is 12.3. The third-order valence-corrected chi connectivity index (χ3v) is 12.6. The summed E-state index contributed by atoms with van der Waals surface area (Å²) in [6, 6.07) is 37.8. The number of ether oxygens (including phenoxy) is 5. The van der Waals surface area contributed by atoms with Gasteiger partial charge in [-0.1, -0.05) is 121 Å². The molecule has 0 spiro atoms. The van der Waals surface area contributed by atoms with Crippen molar-refractivity contribution in [1.82, 2.24) is 41.8 Å². The van der Waals surface area contributed by atoms with Gasteiger partial charge in [0.15, 0.2) is 0 Å². The Hall–Kier alpha value is -9.40. The molecule has 0 bridgehead atoms. The van der Waals surface area contributed by atoms with Crippen molar-refractivity contribution < 1.29 is 57.2 Å². The number of hydrogen-bond donors (Lipinski definition) is 8. The number of guanidine groups is 1. The average molecular weight is 1150 g/mol. The Morgan fingerprint density at radius 3 is 1.67 bits per heavy atom. The van der Waals surface area contributed by atoms with Crippen LogP contribution in [0.25, 0.3) is 10.9 Å². The zero-order chi connectivity index (χ0) is 60.5. The van der Waals surface area contributed by atoms with Crippen LogP contribution in [0.4, 0.5) is 19.2 Å². The molecule has 0 fully saturated rings. The highest BCUT2D eigenvalue weighted by atomic mass is 16.6. The highest BCUT2D eigenvalue weighted by Crippen LogP contribution is 2.21. The minimum atomic E-state index is -1.45. The lowest BCUT2D eigenvalue weighted by Gasteiger charge is -2.27. The van der Waals surface area contributed by atoms with Crippen LogP contribution in [0.5, 0.6) is 5.75 Å². The van der Waals surface area contributed by atoms with Crippen molar-refractivity contribution in [3.8, 4) is 5.75 Å². The molecule has 7 amide bonds. The molecule has 0 unspecified atom stereocenters. The second kappa shape index (κ2) is 31.7. The van der Waals surface area contributed by atoms with Crippen molar-refractivity contribution in [1.29, 1.82) is 5.41 Å². The summed E-state index contributed by atoms with van der Waals surface area (Å²) in [7, 11) is 0. The third kappa shape index (κ3) is 22.5. The van der Waals surface area contributed by atoms with E-state index >= 15 is 0 Å². The Bertz CT molecular complexity index is 3110. The van der Waals surface area contributed by atoms with E-state index in [1.807, 2.05) is 60.7 Å². The molecule has 6 rings (SSSR count). The quantitative estimate of drug-likeness (QED) is 0.0109. The maximum absolute atomic E-state index is 15.0. The first-order valence-electron chi connectivity index (χ1n) is 27.9. The van der Waals surface area contributed by atoms with Crippen LogP contribution in [0.3, 0.4) is 0 Å².